The molecule has 0 fully saturated rings. The maximum absolute atomic E-state index is 14.2. The smallest absolute Gasteiger partial charge is 0.172 e. The van der Waals surface area contributed by atoms with Gasteiger partial charge in [-0.05, 0) is 37.2 Å². The standard InChI is InChI=1S/C16H18FNO/c1-11(18-2)12-6-4-7-13(10-12)14-8-5-9-15(19-3)16(14)17/h4-11,18H,1-3H3. The molecule has 3 heteroatoms. The molecule has 0 aliphatic carbocycles. The van der Waals surface area contributed by atoms with Crippen LogP contribution in [0.25, 0.3) is 11.1 Å². The molecule has 0 saturated carbocycles. The second-order valence-corrected chi connectivity index (χ2v) is 4.46. The average molecular weight is 259 g/mol. The third kappa shape index (κ3) is 2.76. The van der Waals surface area contributed by atoms with Gasteiger partial charge in [0.1, 0.15) is 0 Å². The maximum atomic E-state index is 14.2. The number of benzene rings is 2. The highest BCUT2D eigenvalue weighted by Gasteiger charge is 2.11. The number of nitrogens with one attached hydrogen (secondary N) is 1. The molecule has 0 aromatic heterocycles. The molecule has 0 aliphatic rings. The van der Waals surface area contributed by atoms with E-state index in [1.54, 1.807) is 18.2 Å². The van der Waals surface area contributed by atoms with Crippen molar-refractivity contribution in [3.05, 3.63) is 53.8 Å². The van der Waals surface area contributed by atoms with Gasteiger partial charge in [0.2, 0.25) is 0 Å². The highest BCUT2D eigenvalue weighted by molar-refractivity contribution is 5.66. The number of hydrogen-bond donors (Lipinski definition) is 1. The Balaban J connectivity index is 2.47. The van der Waals surface area contributed by atoms with Crippen LogP contribution in [0.3, 0.4) is 0 Å². The van der Waals surface area contributed by atoms with Crippen molar-refractivity contribution >= 4 is 0 Å². The third-order valence-corrected chi connectivity index (χ3v) is 3.31. The van der Waals surface area contributed by atoms with Crippen LogP contribution in [-0.2, 0) is 0 Å². The summed E-state index contributed by atoms with van der Waals surface area (Å²) in [5, 5.41) is 3.18. The molecule has 1 atom stereocenters. The van der Waals surface area contributed by atoms with E-state index in [4.69, 9.17) is 4.74 Å². The molecular formula is C16H18FNO. The summed E-state index contributed by atoms with van der Waals surface area (Å²) in [5.41, 5.74) is 2.54. The van der Waals surface area contributed by atoms with Gasteiger partial charge in [-0.15, -0.1) is 0 Å². The van der Waals surface area contributed by atoms with Crippen LogP contribution in [0, 0.1) is 5.82 Å². The molecule has 0 spiro atoms. The lowest BCUT2D eigenvalue weighted by Crippen LogP contribution is -2.12. The Labute approximate surface area is 113 Å². The first kappa shape index (κ1) is 13.6. The first-order chi connectivity index (χ1) is 9.17. The largest absolute Gasteiger partial charge is 0.494 e. The molecule has 100 valence electrons. The Morgan fingerprint density at radius 2 is 1.89 bits per heavy atom. The van der Waals surface area contributed by atoms with E-state index in [9.17, 15) is 4.39 Å². The summed E-state index contributed by atoms with van der Waals surface area (Å²) in [7, 11) is 3.38. The molecule has 0 heterocycles. The van der Waals surface area contributed by atoms with Crippen LogP contribution in [0.1, 0.15) is 18.5 Å². The topological polar surface area (TPSA) is 21.3 Å². The van der Waals surface area contributed by atoms with Crippen LogP contribution >= 0.6 is 0 Å². The normalized spacial score (nSPS) is 12.2. The van der Waals surface area contributed by atoms with E-state index in [0.29, 0.717) is 5.56 Å². The number of rotatable bonds is 4. The van der Waals surface area contributed by atoms with E-state index in [1.165, 1.54) is 7.11 Å². The Bertz CT molecular complexity index is 568. The molecule has 1 unspecified atom stereocenters. The molecule has 2 aromatic carbocycles. The van der Waals surface area contributed by atoms with Crippen molar-refractivity contribution in [2.24, 2.45) is 0 Å². The minimum atomic E-state index is -0.320. The molecule has 19 heavy (non-hydrogen) atoms. The number of halogens is 1. The fraction of sp³-hybridized carbons (Fsp3) is 0.250. The Morgan fingerprint density at radius 1 is 1.16 bits per heavy atom. The lowest BCUT2D eigenvalue weighted by Gasteiger charge is -2.13. The fourth-order valence-corrected chi connectivity index (χ4v) is 2.03. The molecule has 1 N–H and O–H groups in total. The minimum absolute atomic E-state index is 0.230. The molecule has 0 bridgehead atoms. The average Bonchev–Trinajstić information content (AvgIpc) is 2.46. The van der Waals surface area contributed by atoms with Gasteiger partial charge in [0.05, 0.1) is 7.11 Å². The Morgan fingerprint density at radius 3 is 2.58 bits per heavy atom. The van der Waals surface area contributed by atoms with Gasteiger partial charge in [0.25, 0.3) is 0 Å². The summed E-state index contributed by atoms with van der Waals surface area (Å²) in [6.45, 7) is 2.07. The fourth-order valence-electron chi connectivity index (χ4n) is 2.03. The Kier molecular flexibility index (Phi) is 4.17. The molecule has 2 rings (SSSR count). The van der Waals surface area contributed by atoms with Gasteiger partial charge in [0.15, 0.2) is 11.6 Å². The van der Waals surface area contributed by atoms with Gasteiger partial charge in [-0.25, -0.2) is 4.39 Å². The number of methoxy groups -OCH3 is 1. The van der Waals surface area contributed by atoms with Gasteiger partial charge in [-0.2, -0.15) is 0 Å². The zero-order valence-corrected chi connectivity index (χ0v) is 11.4. The molecule has 0 amide bonds. The van der Waals surface area contributed by atoms with Crippen molar-refractivity contribution in [1.29, 1.82) is 0 Å². The minimum Gasteiger partial charge on any atom is -0.494 e. The monoisotopic (exact) mass is 259 g/mol. The molecule has 0 aliphatic heterocycles. The van der Waals surface area contributed by atoms with Crippen LogP contribution in [0.2, 0.25) is 0 Å². The van der Waals surface area contributed by atoms with Crippen LogP contribution in [0.5, 0.6) is 5.75 Å². The van der Waals surface area contributed by atoms with Gasteiger partial charge in [0, 0.05) is 11.6 Å². The summed E-state index contributed by atoms with van der Waals surface area (Å²) >= 11 is 0. The number of hydrogen-bond acceptors (Lipinski definition) is 2. The highest BCUT2D eigenvalue weighted by atomic mass is 19.1. The SMILES string of the molecule is CNC(C)c1cccc(-c2cccc(OC)c2F)c1. The quantitative estimate of drug-likeness (QED) is 0.902. The van der Waals surface area contributed by atoms with Crippen LogP contribution in [0.4, 0.5) is 4.39 Å². The van der Waals surface area contributed by atoms with Crippen molar-refractivity contribution in [3.8, 4) is 16.9 Å². The summed E-state index contributed by atoms with van der Waals surface area (Å²) < 4.78 is 19.3. The van der Waals surface area contributed by atoms with E-state index >= 15 is 0 Å². The first-order valence-corrected chi connectivity index (χ1v) is 6.27. The summed E-state index contributed by atoms with van der Waals surface area (Å²) in [6, 6.07) is 13.3. The highest BCUT2D eigenvalue weighted by Crippen LogP contribution is 2.30. The van der Waals surface area contributed by atoms with Crippen LogP contribution in [-0.4, -0.2) is 14.2 Å². The van der Waals surface area contributed by atoms with E-state index in [2.05, 4.69) is 12.2 Å². The summed E-state index contributed by atoms with van der Waals surface area (Å²) in [5.74, 6) is -0.0520. The first-order valence-electron chi connectivity index (χ1n) is 6.27. The predicted octanol–water partition coefficient (Wildman–Crippen LogP) is 3.78. The van der Waals surface area contributed by atoms with Crippen molar-refractivity contribution < 1.29 is 9.13 Å². The molecule has 2 nitrogen and oxygen atoms in total. The van der Waals surface area contributed by atoms with Crippen LogP contribution < -0.4 is 10.1 Å². The molecule has 0 radical (unpaired) electrons. The van der Waals surface area contributed by atoms with Crippen molar-refractivity contribution in [3.63, 3.8) is 0 Å². The molecule has 2 aromatic rings. The zero-order chi connectivity index (χ0) is 13.8. The summed E-state index contributed by atoms with van der Waals surface area (Å²) in [4.78, 5) is 0. The van der Waals surface area contributed by atoms with Gasteiger partial charge in [-0.1, -0.05) is 30.3 Å². The predicted molar refractivity (Wildman–Crippen MR) is 75.9 cm³/mol. The molecular weight excluding hydrogens is 241 g/mol. The van der Waals surface area contributed by atoms with Crippen molar-refractivity contribution in [2.45, 2.75) is 13.0 Å². The van der Waals surface area contributed by atoms with E-state index in [0.717, 1.165) is 11.1 Å². The second kappa shape index (κ2) is 5.85. The second-order valence-electron chi connectivity index (χ2n) is 4.46. The van der Waals surface area contributed by atoms with E-state index < -0.39 is 0 Å². The maximum Gasteiger partial charge on any atom is 0.172 e. The van der Waals surface area contributed by atoms with Crippen LogP contribution in [0.15, 0.2) is 42.5 Å². The summed E-state index contributed by atoms with van der Waals surface area (Å²) in [6.07, 6.45) is 0. The van der Waals surface area contributed by atoms with Gasteiger partial charge >= 0.3 is 0 Å². The molecule has 0 saturated heterocycles. The van der Waals surface area contributed by atoms with Gasteiger partial charge < -0.3 is 10.1 Å². The van der Waals surface area contributed by atoms with Crippen molar-refractivity contribution in [1.82, 2.24) is 5.32 Å². The van der Waals surface area contributed by atoms with E-state index in [1.807, 2.05) is 31.3 Å². The number of ether oxygens (including phenoxy) is 1. The van der Waals surface area contributed by atoms with E-state index in [-0.39, 0.29) is 17.6 Å². The lowest BCUT2D eigenvalue weighted by atomic mass is 9.99. The lowest BCUT2D eigenvalue weighted by molar-refractivity contribution is 0.387. The Hall–Kier alpha value is -1.87. The third-order valence-electron chi connectivity index (χ3n) is 3.31. The van der Waals surface area contributed by atoms with Gasteiger partial charge in [-0.3, -0.25) is 0 Å². The van der Waals surface area contributed by atoms with Crippen molar-refractivity contribution in [2.75, 3.05) is 14.2 Å². The zero-order valence-electron chi connectivity index (χ0n) is 11.4.